The van der Waals surface area contributed by atoms with Gasteiger partial charge < -0.3 is 5.73 Å². The Kier molecular flexibility index (Phi) is 3.75. The minimum Gasteiger partial charge on any atom is -0.318 e. The Hall–Kier alpha value is -0.750. The summed E-state index contributed by atoms with van der Waals surface area (Å²) in [4.78, 5) is 8.35. The first-order valence-corrected chi connectivity index (χ1v) is 8.04. The van der Waals surface area contributed by atoms with Crippen LogP contribution in [-0.4, -0.2) is 23.0 Å². The lowest BCUT2D eigenvalue weighted by molar-refractivity contribution is 0.330. The van der Waals surface area contributed by atoms with Gasteiger partial charge in [0.1, 0.15) is 5.01 Å². The maximum Gasteiger partial charge on any atom is 0.107 e. The van der Waals surface area contributed by atoms with Gasteiger partial charge in [-0.05, 0) is 37.4 Å². The molecule has 0 bridgehead atoms. The summed E-state index contributed by atoms with van der Waals surface area (Å²) >= 11 is 3.43. The molecule has 18 heavy (non-hydrogen) atoms. The summed E-state index contributed by atoms with van der Waals surface area (Å²) in [5.74, 6) is 0. The van der Waals surface area contributed by atoms with E-state index in [0.717, 1.165) is 12.2 Å². The standard InChI is InChI=1S/C13H17N3S2/c14-13(11-4-3-7-17-11)10-9-18-12(15-10)8-16-5-1-2-6-16/h3-4,7,9,13H,1-2,5-6,8,14H2. The molecule has 3 rings (SSSR count). The van der Waals surface area contributed by atoms with Crippen LogP contribution in [0, 0.1) is 0 Å². The fourth-order valence-corrected chi connectivity index (χ4v) is 3.90. The van der Waals surface area contributed by atoms with Crippen molar-refractivity contribution in [3.8, 4) is 0 Å². The lowest BCUT2D eigenvalue weighted by Gasteiger charge is -2.11. The monoisotopic (exact) mass is 279 g/mol. The van der Waals surface area contributed by atoms with Crippen LogP contribution in [0.1, 0.15) is 34.5 Å². The lowest BCUT2D eigenvalue weighted by Crippen LogP contribution is -2.18. The minimum atomic E-state index is -0.0615. The SMILES string of the molecule is NC(c1csc(CN2CCCC2)n1)c1cccs1. The van der Waals surface area contributed by atoms with Crippen LogP contribution in [0.15, 0.2) is 22.9 Å². The van der Waals surface area contributed by atoms with Crippen LogP contribution in [0.25, 0.3) is 0 Å². The number of nitrogens with two attached hydrogens (primary N) is 1. The van der Waals surface area contributed by atoms with E-state index in [4.69, 9.17) is 5.73 Å². The summed E-state index contributed by atoms with van der Waals surface area (Å²) in [6.07, 6.45) is 2.65. The van der Waals surface area contributed by atoms with E-state index in [9.17, 15) is 0 Å². The molecule has 0 aromatic carbocycles. The molecule has 2 N–H and O–H groups in total. The van der Waals surface area contributed by atoms with E-state index in [0.29, 0.717) is 0 Å². The van der Waals surface area contributed by atoms with Gasteiger partial charge in [0.25, 0.3) is 0 Å². The Labute approximate surface area is 115 Å². The molecule has 1 aliphatic heterocycles. The first kappa shape index (κ1) is 12.3. The maximum absolute atomic E-state index is 6.22. The first-order valence-electron chi connectivity index (χ1n) is 6.28. The highest BCUT2D eigenvalue weighted by molar-refractivity contribution is 7.10. The molecular formula is C13H17N3S2. The van der Waals surface area contributed by atoms with Crippen molar-refractivity contribution in [2.45, 2.75) is 25.4 Å². The lowest BCUT2D eigenvalue weighted by atomic mass is 10.2. The van der Waals surface area contributed by atoms with Gasteiger partial charge in [-0.1, -0.05) is 6.07 Å². The third-order valence-electron chi connectivity index (χ3n) is 3.30. The molecule has 0 amide bonds. The number of rotatable bonds is 4. The zero-order chi connectivity index (χ0) is 12.4. The van der Waals surface area contributed by atoms with Crippen molar-refractivity contribution in [1.82, 2.24) is 9.88 Å². The Morgan fingerprint density at radius 3 is 2.89 bits per heavy atom. The summed E-state index contributed by atoms with van der Waals surface area (Å²) in [7, 11) is 0. The van der Waals surface area contributed by atoms with Gasteiger partial charge in [-0.2, -0.15) is 0 Å². The molecule has 5 heteroatoms. The maximum atomic E-state index is 6.22. The van der Waals surface area contributed by atoms with E-state index in [1.807, 2.05) is 6.07 Å². The Morgan fingerprint density at radius 1 is 1.33 bits per heavy atom. The van der Waals surface area contributed by atoms with Crippen molar-refractivity contribution in [2.75, 3.05) is 13.1 Å². The van der Waals surface area contributed by atoms with Crippen molar-refractivity contribution < 1.29 is 0 Å². The fraction of sp³-hybridized carbons (Fsp3) is 0.462. The Bertz CT molecular complexity index is 486. The normalized spacial score (nSPS) is 18.3. The molecule has 3 nitrogen and oxygen atoms in total. The van der Waals surface area contributed by atoms with Gasteiger partial charge in [0.15, 0.2) is 0 Å². The number of hydrogen-bond donors (Lipinski definition) is 1. The molecular weight excluding hydrogens is 262 g/mol. The van der Waals surface area contributed by atoms with E-state index in [1.165, 1.54) is 35.8 Å². The third kappa shape index (κ3) is 2.64. The second kappa shape index (κ2) is 5.48. The van der Waals surface area contributed by atoms with Gasteiger partial charge in [0.2, 0.25) is 0 Å². The summed E-state index contributed by atoms with van der Waals surface area (Å²) in [6.45, 7) is 3.42. The molecule has 1 fully saturated rings. The number of hydrogen-bond acceptors (Lipinski definition) is 5. The highest BCUT2D eigenvalue weighted by atomic mass is 32.1. The van der Waals surface area contributed by atoms with Crippen LogP contribution >= 0.6 is 22.7 Å². The summed E-state index contributed by atoms with van der Waals surface area (Å²) in [5.41, 5.74) is 7.23. The molecule has 0 aliphatic carbocycles. The molecule has 3 heterocycles. The van der Waals surface area contributed by atoms with Gasteiger partial charge in [-0.3, -0.25) is 4.90 Å². The Morgan fingerprint density at radius 2 is 2.17 bits per heavy atom. The van der Waals surface area contributed by atoms with Gasteiger partial charge in [0.05, 0.1) is 18.3 Å². The number of likely N-dealkylation sites (tertiary alicyclic amines) is 1. The van der Waals surface area contributed by atoms with Crippen LogP contribution in [-0.2, 0) is 6.54 Å². The predicted octanol–water partition coefficient (Wildman–Crippen LogP) is 2.85. The van der Waals surface area contributed by atoms with Crippen LogP contribution in [0.5, 0.6) is 0 Å². The molecule has 1 unspecified atom stereocenters. The van der Waals surface area contributed by atoms with Gasteiger partial charge in [0, 0.05) is 10.3 Å². The largest absolute Gasteiger partial charge is 0.318 e. The second-order valence-electron chi connectivity index (χ2n) is 4.64. The van der Waals surface area contributed by atoms with Crippen LogP contribution in [0.3, 0.4) is 0 Å². The first-order chi connectivity index (χ1) is 8.83. The average Bonchev–Trinajstić information content (AvgIpc) is 3.11. The summed E-state index contributed by atoms with van der Waals surface area (Å²) in [6, 6.07) is 4.06. The quantitative estimate of drug-likeness (QED) is 0.936. The smallest absolute Gasteiger partial charge is 0.107 e. The van der Waals surface area contributed by atoms with E-state index in [1.54, 1.807) is 22.7 Å². The molecule has 0 spiro atoms. The molecule has 2 aromatic heterocycles. The molecule has 1 saturated heterocycles. The minimum absolute atomic E-state index is 0.0615. The van der Waals surface area contributed by atoms with Crippen molar-refractivity contribution in [2.24, 2.45) is 5.73 Å². The van der Waals surface area contributed by atoms with E-state index < -0.39 is 0 Å². The number of nitrogens with zero attached hydrogens (tertiary/aromatic N) is 2. The van der Waals surface area contributed by atoms with E-state index in [2.05, 4.69) is 26.7 Å². The predicted molar refractivity (Wildman–Crippen MR) is 77.0 cm³/mol. The van der Waals surface area contributed by atoms with Crippen molar-refractivity contribution in [3.05, 3.63) is 38.5 Å². The van der Waals surface area contributed by atoms with Crippen LogP contribution in [0.2, 0.25) is 0 Å². The second-order valence-corrected chi connectivity index (χ2v) is 6.56. The summed E-state index contributed by atoms with van der Waals surface area (Å²) in [5, 5.41) is 5.36. The number of thiophene rings is 1. The number of aromatic nitrogens is 1. The molecule has 96 valence electrons. The topological polar surface area (TPSA) is 42.1 Å². The van der Waals surface area contributed by atoms with E-state index in [-0.39, 0.29) is 6.04 Å². The average molecular weight is 279 g/mol. The van der Waals surface area contributed by atoms with Gasteiger partial charge in [-0.25, -0.2) is 4.98 Å². The van der Waals surface area contributed by atoms with Crippen molar-refractivity contribution in [3.63, 3.8) is 0 Å². The molecule has 1 atom stereocenters. The molecule has 1 aliphatic rings. The van der Waals surface area contributed by atoms with E-state index >= 15 is 0 Å². The van der Waals surface area contributed by atoms with Crippen molar-refractivity contribution in [1.29, 1.82) is 0 Å². The van der Waals surface area contributed by atoms with Crippen LogP contribution in [0.4, 0.5) is 0 Å². The highest BCUT2D eigenvalue weighted by Crippen LogP contribution is 2.25. The zero-order valence-electron chi connectivity index (χ0n) is 10.2. The van der Waals surface area contributed by atoms with Crippen molar-refractivity contribution >= 4 is 22.7 Å². The molecule has 0 radical (unpaired) electrons. The highest BCUT2D eigenvalue weighted by Gasteiger charge is 2.16. The third-order valence-corrected chi connectivity index (χ3v) is 5.10. The molecule has 0 saturated carbocycles. The summed E-state index contributed by atoms with van der Waals surface area (Å²) < 4.78 is 0. The molecule has 2 aromatic rings. The van der Waals surface area contributed by atoms with Gasteiger partial charge >= 0.3 is 0 Å². The van der Waals surface area contributed by atoms with Crippen LogP contribution < -0.4 is 5.73 Å². The number of thiazole rings is 1. The Balaban J connectivity index is 1.69. The van der Waals surface area contributed by atoms with Gasteiger partial charge in [-0.15, -0.1) is 22.7 Å². The fourth-order valence-electron chi connectivity index (χ4n) is 2.29. The zero-order valence-corrected chi connectivity index (χ0v) is 11.8.